The molecule has 1 aromatic heterocycles. The number of rotatable bonds is 6. The third-order valence-corrected chi connectivity index (χ3v) is 3.32. The van der Waals surface area contributed by atoms with Gasteiger partial charge in [-0.05, 0) is 30.5 Å². The monoisotopic (exact) mass is 322 g/mol. The van der Waals surface area contributed by atoms with Gasteiger partial charge in [-0.25, -0.2) is 13.8 Å². The van der Waals surface area contributed by atoms with Gasteiger partial charge in [-0.15, -0.1) is 0 Å². The van der Waals surface area contributed by atoms with Gasteiger partial charge < -0.3 is 15.2 Å². The van der Waals surface area contributed by atoms with Crippen molar-refractivity contribution in [3.8, 4) is 0 Å². The lowest BCUT2D eigenvalue weighted by molar-refractivity contribution is 0.412. The van der Waals surface area contributed by atoms with Crippen molar-refractivity contribution in [2.24, 2.45) is 4.99 Å². The summed E-state index contributed by atoms with van der Waals surface area (Å²) < 4.78 is 31.0. The topological polar surface area (TPSA) is 62.5 Å². The van der Waals surface area contributed by atoms with Crippen LogP contribution in [-0.2, 0) is 6.54 Å². The predicted octanol–water partition coefficient (Wildman–Crippen LogP) is 2.81. The van der Waals surface area contributed by atoms with Crippen LogP contribution in [0.2, 0.25) is 0 Å². The fourth-order valence-corrected chi connectivity index (χ4v) is 2.01. The lowest BCUT2D eigenvalue weighted by Gasteiger charge is -2.16. The van der Waals surface area contributed by atoms with E-state index in [-0.39, 0.29) is 5.92 Å². The third-order valence-electron chi connectivity index (χ3n) is 3.32. The van der Waals surface area contributed by atoms with Gasteiger partial charge in [0.15, 0.2) is 17.6 Å². The molecule has 124 valence electrons. The van der Waals surface area contributed by atoms with E-state index in [2.05, 4.69) is 20.8 Å². The number of hydrogen-bond donors (Lipinski definition) is 2. The summed E-state index contributed by atoms with van der Waals surface area (Å²) in [5, 5.41) is 10.1. The van der Waals surface area contributed by atoms with Crippen molar-refractivity contribution in [1.29, 1.82) is 0 Å². The lowest BCUT2D eigenvalue weighted by atomic mass is 10.0. The van der Waals surface area contributed by atoms with Crippen molar-refractivity contribution in [1.82, 2.24) is 15.8 Å². The van der Waals surface area contributed by atoms with Gasteiger partial charge >= 0.3 is 0 Å². The molecule has 0 saturated carbocycles. The first-order valence-corrected chi connectivity index (χ1v) is 7.46. The molecule has 1 atom stereocenters. The summed E-state index contributed by atoms with van der Waals surface area (Å²) in [7, 11) is 0. The zero-order valence-corrected chi connectivity index (χ0v) is 13.1. The zero-order chi connectivity index (χ0) is 16.7. The highest BCUT2D eigenvalue weighted by atomic mass is 19.2. The molecule has 0 aliphatic carbocycles. The predicted molar refractivity (Wildman–Crippen MR) is 84.1 cm³/mol. The van der Waals surface area contributed by atoms with Crippen molar-refractivity contribution < 1.29 is 13.3 Å². The van der Waals surface area contributed by atoms with E-state index in [1.807, 2.05) is 13.8 Å². The number of aromatic nitrogens is 1. The second-order valence-electron chi connectivity index (χ2n) is 5.14. The quantitative estimate of drug-likeness (QED) is 0.634. The molecule has 0 amide bonds. The van der Waals surface area contributed by atoms with E-state index in [0.717, 1.165) is 17.3 Å². The van der Waals surface area contributed by atoms with Crippen LogP contribution in [0.3, 0.4) is 0 Å². The standard InChI is InChI=1S/C16H20F2N4O/c1-3-19-16(21-10-13-6-7-23-22-13)20-9-11(2)12-4-5-14(17)15(18)8-12/h4-8,11H,3,9-10H2,1-2H3,(H2,19,20,21)/t11-/m0/s1. The van der Waals surface area contributed by atoms with Gasteiger partial charge in [0.25, 0.3) is 0 Å². The van der Waals surface area contributed by atoms with Crippen LogP contribution in [0.15, 0.2) is 40.0 Å². The third kappa shape index (κ3) is 5.05. The Hall–Kier alpha value is -2.44. The SMILES string of the molecule is CCNC(=NCc1ccon1)NC[C@H](C)c1ccc(F)c(F)c1. The van der Waals surface area contributed by atoms with Crippen LogP contribution >= 0.6 is 0 Å². The molecule has 0 spiro atoms. The largest absolute Gasteiger partial charge is 0.364 e. The number of nitrogens with zero attached hydrogens (tertiary/aromatic N) is 2. The Labute approximate surface area is 133 Å². The highest BCUT2D eigenvalue weighted by molar-refractivity contribution is 5.79. The highest BCUT2D eigenvalue weighted by Gasteiger charge is 2.10. The second-order valence-corrected chi connectivity index (χ2v) is 5.14. The molecule has 2 rings (SSSR count). The summed E-state index contributed by atoms with van der Waals surface area (Å²) in [5.41, 5.74) is 1.46. The van der Waals surface area contributed by atoms with Crippen LogP contribution in [0.1, 0.15) is 31.0 Å². The maximum absolute atomic E-state index is 13.3. The van der Waals surface area contributed by atoms with Gasteiger partial charge in [-0.1, -0.05) is 18.1 Å². The summed E-state index contributed by atoms with van der Waals surface area (Å²) in [5.74, 6) is -1.04. The Balaban J connectivity index is 1.94. The number of halogens is 2. The molecule has 0 bridgehead atoms. The molecule has 23 heavy (non-hydrogen) atoms. The van der Waals surface area contributed by atoms with Gasteiger partial charge in [-0.3, -0.25) is 0 Å². The zero-order valence-electron chi connectivity index (χ0n) is 13.1. The van der Waals surface area contributed by atoms with Crippen molar-refractivity contribution in [3.63, 3.8) is 0 Å². The molecule has 0 radical (unpaired) electrons. The first-order chi connectivity index (χ1) is 11.1. The van der Waals surface area contributed by atoms with Gasteiger partial charge in [0.05, 0.1) is 6.54 Å². The molecular weight excluding hydrogens is 302 g/mol. The Morgan fingerprint density at radius 3 is 2.74 bits per heavy atom. The number of hydrogen-bond acceptors (Lipinski definition) is 3. The van der Waals surface area contributed by atoms with E-state index in [0.29, 0.717) is 25.6 Å². The lowest BCUT2D eigenvalue weighted by Crippen LogP contribution is -2.39. The fourth-order valence-electron chi connectivity index (χ4n) is 2.01. The Bertz CT molecular complexity index is 644. The van der Waals surface area contributed by atoms with E-state index in [1.54, 1.807) is 12.1 Å². The first-order valence-electron chi connectivity index (χ1n) is 7.46. The average Bonchev–Trinajstić information content (AvgIpc) is 3.06. The molecule has 0 aliphatic rings. The normalized spacial score (nSPS) is 13.0. The van der Waals surface area contributed by atoms with E-state index in [1.165, 1.54) is 12.3 Å². The van der Waals surface area contributed by atoms with E-state index >= 15 is 0 Å². The number of guanidine groups is 1. The molecule has 2 aromatic rings. The fraction of sp³-hybridized carbons (Fsp3) is 0.375. The average molecular weight is 322 g/mol. The molecule has 0 saturated heterocycles. The molecule has 0 aliphatic heterocycles. The van der Waals surface area contributed by atoms with Crippen molar-refractivity contribution in [2.75, 3.05) is 13.1 Å². The minimum absolute atomic E-state index is 0.000932. The van der Waals surface area contributed by atoms with Crippen molar-refractivity contribution >= 4 is 5.96 Å². The molecular formula is C16H20F2N4O. The minimum Gasteiger partial charge on any atom is -0.364 e. The van der Waals surface area contributed by atoms with Gasteiger partial charge in [-0.2, -0.15) is 0 Å². The summed E-state index contributed by atoms with van der Waals surface area (Å²) in [4.78, 5) is 4.39. The molecule has 2 N–H and O–H groups in total. The van der Waals surface area contributed by atoms with Crippen LogP contribution in [0, 0.1) is 11.6 Å². The summed E-state index contributed by atoms with van der Waals surface area (Å²) in [6.07, 6.45) is 1.50. The molecule has 1 aromatic carbocycles. The highest BCUT2D eigenvalue weighted by Crippen LogP contribution is 2.17. The van der Waals surface area contributed by atoms with Crippen molar-refractivity contribution in [2.45, 2.75) is 26.3 Å². The Morgan fingerprint density at radius 1 is 1.26 bits per heavy atom. The van der Waals surface area contributed by atoms with Crippen LogP contribution in [0.5, 0.6) is 0 Å². The molecule has 1 heterocycles. The maximum Gasteiger partial charge on any atom is 0.191 e. The number of aliphatic imine (C=N–C) groups is 1. The molecule has 5 nitrogen and oxygen atoms in total. The van der Waals surface area contributed by atoms with Crippen molar-refractivity contribution in [3.05, 3.63) is 53.4 Å². The second kappa shape index (κ2) is 8.26. The van der Waals surface area contributed by atoms with Crippen LogP contribution in [0.4, 0.5) is 8.78 Å². The van der Waals surface area contributed by atoms with E-state index < -0.39 is 11.6 Å². The summed E-state index contributed by atoms with van der Waals surface area (Å²) >= 11 is 0. The van der Waals surface area contributed by atoms with E-state index in [4.69, 9.17) is 4.52 Å². The first kappa shape index (κ1) is 16.9. The molecule has 0 unspecified atom stereocenters. The smallest absolute Gasteiger partial charge is 0.191 e. The van der Waals surface area contributed by atoms with Crippen LogP contribution in [-0.4, -0.2) is 24.2 Å². The minimum atomic E-state index is -0.837. The summed E-state index contributed by atoms with van der Waals surface area (Å²) in [6, 6.07) is 5.70. The number of benzene rings is 1. The van der Waals surface area contributed by atoms with Crippen LogP contribution < -0.4 is 10.6 Å². The van der Waals surface area contributed by atoms with Gasteiger partial charge in [0.1, 0.15) is 12.0 Å². The molecule has 0 fully saturated rings. The van der Waals surface area contributed by atoms with E-state index in [9.17, 15) is 8.78 Å². The molecule has 7 heteroatoms. The maximum atomic E-state index is 13.3. The van der Waals surface area contributed by atoms with Gasteiger partial charge in [0.2, 0.25) is 0 Å². The summed E-state index contributed by atoms with van der Waals surface area (Å²) in [6.45, 7) is 5.54. The Kier molecular flexibility index (Phi) is 6.08. The van der Waals surface area contributed by atoms with Gasteiger partial charge in [0, 0.05) is 19.2 Å². The Morgan fingerprint density at radius 2 is 2.09 bits per heavy atom. The number of nitrogens with one attached hydrogen (secondary N) is 2. The van der Waals surface area contributed by atoms with Crippen LogP contribution in [0.25, 0.3) is 0 Å².